The number of ketones is 1. The van der Waals surface area contributed by atoms with Gasteiger partial charge in [0.2, 0.25) is 11.8 Å². The number of nitrogens with one attached hydrogen (secondary N) is 3. The molecule has 1 heterocycles. The third-order valence-corrected chi connectivity index (χ3v) is 8.38. The molecule has 0 radical (unpaired) electrons. The molecular formula is C29H38N4O5. The van der Waals surface area contributed by atoms with Crippen LogP contribution in [0.3, 0.4) is 0 Å². The molecule has 1 aromatic carbocycles. The number of aromatic amines is 1. The summed E-state index contributed by atoms with van der Waals surface area (Å²) in [6.45, 7) is 5.83. The van der Waals surface area contributed by atoms with Gasteiger partial charge in [0.1, 0.15) is 11.9 Å². The molecule has 9 heteroatoms. The van der Waals surface area contributed by atoms with Crippen LogP contribution in [0.5, 0.6) is 0 Å². The Balaban J connectivity index is 1.61. The molecule has 2 aliphatic rings. The summed E-state index contributed by atoms with van der Waals surface area (Å²) < 4.78 is 0. The number of anilines is 1. The minimum atomic E-state index is -1.35. The Morgan fingerprint density at radius 2 is 1.82 bits per heavy atom. The third-order valence-electron chi connectivity index (χ3n) is 8.38. The van der Waals surface area contributed by atoms with Gasteiger partial charge in [-0.2, -0.15) is 0 Å². The number of carboxylic acids is 1. The van der Waals surface area contributed by atoms with Crippen molar-refractivity contribution in [1.29, 1.82) is 5.41 Å². The van der Waals surface area contributed by atoms with Gasteiger partial charge in [-0.05, 0) is 74.8 Å². The average Bonchev–Trinajstić information content (AvgIpc) is 3.19. The number of carbonyl (C=O) groups excluding carboxylic acids is 3. The van der Waals surface area contributed by atoms with E-state index in [1.165, 1.54) is 4.90 Å². The minimum Gasteiger partial charge on any atom is -0.480 e. The van der Waals surface area contributed by atoms with Gasteiger partial charge < -0.3 is 20.8 Å². The largest absolute Gasteiger partial charge is 0.480 e. The van der Waals surface area contributed by atoms with E-state index in [2.05, 4.69) is 24.1 Å². The normalized spacial score (nSPS) is 25.4. The minimum absolute atomic E-state index is 0.131. The van der Waals surface area contributed by atoms with E-state index >= 15 is 0 Å². The van der Waals surface area contributed by atoms with Gasteiger partial charge in [0.25, 0.3) is 0 Å². The molecule has 2 aliphatic carbocycles. The Morgan fingerprint density at radius 3 is 2.42 bits per heavy atom. The lowest BCUT2D eigenvalue weighted by Crippen LogP contribution is -2.53. The van der Waals surface area contributed by atoms with Gasteiger partial charge in [-0.1, -0.05) is 32.0 Å². The van der Waals surface area contributed by atoms with Gasteiger partial charge in [-0.25, -0.2) is 4.79 Å². The van der Waals surface area contributed by atoms with Crippen LogP contribution in [0.15, 0.2) is 24.3 Å². The van der Waals surface area contributed by atoms with E-state index in [9.17, 15) is 24.3 Å². The molecular weight excluding hydrogens is 484 g/mol. The number of carbonyl (C=O) groups is 4. The summed E-state index contributed by atoms with van der Waals surface area (Å²) in [6.07, 6.45) is 4.98. The number of aromatic nitrogens is 1. The number of hydrogen-bond acceptors (Lipinski definition) is 5. The summed E-state index contributed by atoms with van der Waals surface area (Å²) in [5, 5.41) is 21.0. The second-order valence-corrected chi connectivity index (χ2v) is 11.5. The van der Waals surface area contributed by atoms with Crippen LogP contribution in [0, 0.1) is 35.5 Å². The van der Waals surface area contributed by atoms with E-state index in [1.807, 2.05) is 24.3 Å². The predicted molar refractivity (Wildman–Crippen MR) is 145 cm³/mol. The molecule has 2 unspecified atom stereocenters. The van der Waals surface area contributed by atoms with Gasteiger partial charge >= 0.3 is 5.97 Å². The van der Waals surface area contributed by atoms with Crippen LogP contribution in [0.25, 0.3) is 10.9 Å². The number of hydrogen-bond donors (Lipinski definition) is 4. The lowest BCUT2D eigenvalue weighted by molar-refractivity contribution is -0.141. The van der Waals surface area contributed by atoms with Crippen LogP contribution in [0.1, 0.15) is 64.4 Å². The molecule has 4 rings (SSSR count). The lowest BCUT2D eigenvalue weighted by Gasteiger charge is -2.48. The van der Waals surface area contributed by atoms with E-state index < -0.39 is 29.1 Å². The fraction of sp³-hybridized carbons (Fsp3) is 0.552. The third kappa shape index (κ3) is 5.51. The fourth-order valence-electron chi connectivity index (χ4n) is 7.09. The molecule has 2 bridgehead atoms. The fourth-order valence-corrected chi connectivity index (χ4v) is 7.09. The second kappa shape index (κ2) is 11.1. The number of rotatable bonds is 10. The van der Waals surface area contributed by atoms with Crippen LogP contribution in [0.4, 0.5) is 5.82 Å². The van der Waals surface area contributed by atoms with Crippen LogP contribution >= 0.6 is 0 Å². The molecule has 2 amide bonds. The topological polar surface area (TPSA) is 143 Å². The summed E-state index contributed by atoms with van der Waals surface area (Å²) in [5.74, 6) is -0.752. The highest BCUT2D eigenvalue weighted by molar-refractivity contribution is 6.26. The Hall–Kier alpha value is -3.49. The van der Waals surface area contributed by atoms with E-state index in [1.54, 1.807) is 6.92 Å². The Kier molecular flexibility index (Phi) is 8.04. The Labute approximate surface area is 222 Å². The van der Waals surface area contributed by atoms with Crippen molar-refractivity contribution in [1.82, 2.24) is 10.3 Å². The van der Waals surface area contributed by atoms with Crippen molar-refractivity contribution in [3.05, 3.63) is 29.8 Å². The van der Waals surface area contributed by atoms with E-state index in [-0.39, 0.29) is 25.3 Å². The zero-order valence-corrected chi connectivity index (χ0v) is 22.4. The van der Waals surface area contributed by atoms with Crippen molar-refractivity contribution in [2.24, 2.45) is 23.2 Å². The molecule has 2 saturated carbocycles. The first-order chi connectivity index (χ1) is 18.0. The van der Waals surface area contributed by atoms with Crippen LogP contribution in [-0.4, -0.2) is 52.5 Å². The zero-order valence-electron chi connectivity index (χ0n) is 22.4. The monoisotopic (exact) mass is 522 g/mol. The zero-order chi connectivity index (χ0) is 27.6. The van der Waals surface area contributed by atoms with Gasteiger partial charge in [0, 0.05) is 22.7 Å². The summed E-state index contributed by atoms with van der Waals surface area (Å²) >= 11 is 0. The molecule has 0 aliphatic heterocycles. The number of carboxylic acid groups (broad SMARTS) is 1. The first-order valence-electron chi connectivity index (χ1n) is 13.5. The van der Waals surface area contributed by atoms with Gasteiger partial charge in [0.05, 0.1) is 12.8 Å². The Morgan fingerprint density at radius 1 is 1.16 bits per heavy atom. The maximum atomic E-state index is 13.7. The number of aliphatic carboxylic acids is 1. The van der Waals surface area contributed by atoms with Crippen molar-refractivity contribution in [3.8, 4) is 0 Å². The number of fused-ring (bicyclic) bond motifs is 3. The molecule has 2 fully saturated rings. The number of para-hydroxylation sites is 1. The van der Waals surface area contributed by atoms with Gasteiger partial charge in [0.15, 0.2) is 5.78 Å². The van der Waals surface area contributed by atoms with E-state index in [0.717, 1.165) is 43.0 Å². The van der Waals surface area contributed by atoms with Gasteiger partial charge in [-0.3, -0.25) is 19.3 Å². The number of aryl methyl sites for hydroxylation is 1. The van der Waals surface area contributed by atoms with Crippen molar-refractivity contribution in [2.75, 3.05) is 11.4 Å². The second-order valence-electron chi connectivity index (χ2n) is 11.5. The molecule has 3 atom stereocenters. The molecule has 0 spiro atoms. The van der Waals surface area contributed by atoms with E-state index in [0.29, 0.717) is 35.3 Å². The highest BCUT2D eigenvalue weighted by Gasteiger charge is 2.49. The van der Waals surface area contributed by atoms with E-state index in [4.69, 9.17) is 5.41 Å². The predicted octanol–water partition coefficient (Wildman–Crippen LogP) is 4.23. The lowest BCUT2D eigenvalue weighted by atomic mass is 9.56. The smallest absolute Gasteiger partial charge is 0.326 e. The molecule has 4 N–H and O–H groups in total. The van der Waals surface area contributed by atoms with Gasteiger partial charge in [-0.15, -0.1) is 0 Å². The quantitative estimate of drug-likeness (QED) is 0.345. The number of nitrogens with zero attached hydrogens (tertiary/aromatic N) is 1. The first kappa shape index (κ1) is 27.5. The number of Topliss-reactive ketones (excluding diaryl/α,β-unsaturated/α-hetero) is 1. The molecule has 204 valence electrons. The summed E-state index contributed by atoms with van der Waals surface area (Å²) in [5.41, 5.74) is 0.956. The average molecular weight is 523 g/mol. The summed E-state index contributed by atoms with van der Waals surface area (Å²) in [7, 11) is 0. The van der Waals surface area contributed by atoms with Crippen molar-refractivity contribution in [3.63, 3.8) is 0 Å². The highest BCUT2D eigenvalue weighted by atomic mass is 16.4. The molecule has 9 nitrogen and oxygen atoms in total. The number of benzene rings is 1. The molecule has 2 aromatic rings. The molecule has 0 saturated heterocycles. The molecule has 1 aromatic heterocycles. The first-order valence-corrected chi connectivity index (χ1v) is 13.5. The molecule has 38 heavy (non-hydrogen) atoms. The maximum absolute atomic E-state index is 13.7. The van der Waals surface area contributed by atoms with Crippen LogP contribution in [-0.2, 0) is 19.2 Å². The maximum Gasteiger partial charge on any atom is 0.326 e. The van der Waals surface area contributed by atoms with Crippen molar-refractivity contribution < 1.29 is 24.3 Å². The Bertz CT molecular complexity index is 1230. The van der Waals surface area contributed by atoms with Crippen molar-refractivity contribution >= 4 is 46.5 Å². The summed E-state index contributed by atoms with van der Waals surface area (Å²) in [6, 6.07) is 6.08. The standard InChI is InChI=1S/C29H38N4O5/c1-17-10-20-11-18(2)13-29(12-17,14-20)28(38)31-16-25(35)33(24(27(36)37)9-8-21(34)15-30)26-19(3)22-6-4-5-7-23(22)32-26/h4-7,15,17-18,20,24,30,32H,8-14,16H2,1-3H3,(H,31,38)(H,36,37)/t17?,18?,20?,24-,29?/m0/s1. The summed E-state index contributed by atoms with van der Waals surface area (Å²) in [4.78, 5) is 55.8. The number of H-pyrrole nitrogens is 1. The van der Waals surface area contributed by atoms with Crippen molar-refractivity contribution in [2.45, 2.75) is 71.8 Å². The SMILES string of the molecule is Cc1c(N(C(=O)CNC(=O)C23CC(C)CC(CC(C)C2)C3)[C@@H](CCC(=O)C=N)C(=O)O)[nH]c2ccccc12. The van der Waals surface area contributed by atoms with Crippen LogP contribution in [0.2, 0.25) is 0 Å². The van der Waals surface area contributed by atoms with Crippen LogP contribution < -0.4 is 10.2 Å². The highest BCUT2D eigenvalue weighted by Crippen LogP contribution is 2.52. The number of amides is 2.